The third-order valence-corrected chi connectivity index (χ3v) is 8.39. The fraction of sp³-hybridized carbons (Fsp3) is 0.0769. The smallest absolute Gasteiger partial charge is 0.264 e. The quantitative estimate of drug-likeness (QED) is 0.290. The highest BCUT2D eigenvalue weighted by Gasteiger charge is 2.25. The molecule has 1 amide bonds. The molecule has 3 aromatic carbocycles. The van der Waals surface area contributed by atoms with Crippen LogP contribution in [0.5, 0.6) is 0 Å². The van der Waals surface area contributed by atoms with Gasteiger partial charge in [0.25, 0.3) is 15.9 Å². The van der Waals surface area contributed by atoms with Crippen LogP contribution in [0.1, 0.15) is 16.1 Å². The molecule has 0 radical (unpaired) electrons. The number of hydrogen-bond acceptors (Lipinski definition) is 6. The molecule has 0 saturated carbocycles. The second-order valence-electron chi connectivity index (χ2n) is 7.77. The molecule has 0 aliphatic heterocycles. The lowest BCUT2D eigenvalue weighted by Gasteiger charge is -2.21. The van der Waals surface area contributed by atoms with E-state index in [1.54, 1.807) is 47.6 Å². The van der Waals surface area contributed by atoms with E-state index >= 15 is 0 Å². The minimum atomic E-state index is -3.78. The van der Waals surface area contributed by atoms with Gasteiger partial charge in [-0.15, -0.1) is 0 Å². The number of furan rings is 1. The summed E-state index contributed by atoms with van der Waals surface area (Å²) in [6.07, 6.45) is 1.55. The maximum atomic E-state index is 13.6. The molecule has 176 valence electrons. The number of aromatic nitrogens is 1. The maximum Gasteiger partial charge on any atom is 0.264 e. The highest BCUT2D eigenvalue weighted by Crippen LogP contribution is 2.31. The van der Waals surface area contributed by atoms with Crippen LogP contribution in [-0.4, -0.2) is 26.4 Å². The van der Waals surface area contributed by atoms with Crippen LogP contribution in [0.3, 0.4) is 0 Å². The summed E-state index contributed by atoms with van der Waals surface area (Å²) in [5.41, 5.74) is 1.69. The average Bonchev–Trinajstić information content (AvgIpc) is 3.56. The third-order valence-electron chi connectivity index (χ3n) is 5.53. The summed E-state index contributed by atoms with van der Waals surface area (Å²) in [5, 5.41) is 0.535. The number of carbonyl (C=O) groups excluding carboxylic acids is 1. The Morgan fingerprint density at radius 1 is 0.914 bits per heavy atom. The molecule has 0 atom stereocenters. The predicted octanol–water partition coefficient (Wildman–Crippen LogP) is 5.56. The molecular formula is C26H21N3O4S2. The van der Waals surface area contributed by atoms with Gasteiger partial charge in [-0.3, -0.25) is 14.0 Å². The molecule has 0 fully saturated rings. The SMILES string of the molecule is CN(c1ccccc1)S(=O)(=O)c1ccc(C(=O)N(Cc2ccco2)c2nc3ccccc3s2)cc1. The summed E-state index contributed by atoms with van der Waals surface area (Å²) in [6, 6.07) is 26.0. The second-order valence-corrected chi connectivity index (χ2v) is 10.7. The van der Waals surface area contributed by atoms with Gasteiger partial charge in [0, 0.05) is 12.6 Å². The van der Waals surface area contributed by atoms with Gasteiger partial charge in [-0.05, 0) is 60.7 Å². The van der Waals surface area contributed by atoms with Crippen LogP contribution in [0.25, 0.3) is 10.2 Å². The Kier molecular flexibility index (Phi) is 6.10. The fourth-order valence-electron chi connectivity index (χ4n) is 3.62. The number of hydrogen-bond donors (Lipinski definition) is 0. The van der Waals surface area contributed by atoms with Gasteiger partial charge in [0.05, 0.1) is 33.6 Å². The van der Waals surface area contributed by atoms with Crippen molar-refractivity contribution in [2.75, 3.05) is 16.3 Å². The molecule has 2 aromatic heterocycles. The number of thiazole rings is 1. The Morgan fingerprint density at radius 3 is 2.31 bits per heavy atom. The molecule has 0 aliphatic rings. The number of rotatable bonds is 7. The summed E-state index contributed by atoms with van der Waals surface area (Å²) in [5.74, 6) is 0.308. The van der Waals surface area contributed by atoms with Gasteiger partial charge in [-0.25, -0.2) is 13.4 Å². The first kappa shape index (κ1) is 22.8. The standard InChI is InChI=1S/C26H21N3O4S2/c1-28(20-8-3-2-4-9-20)35(31,32)22-15-13-19(14-16-22)25(30)29(18-21-10-7-17-33-21)26-27-23-11-5-6-12-24(23)34-26/h2-17H,18H2,1H3. The van der Waals surface area contributed by atoms with E-state index in [-0.39, 0.29) is 17.3 Å². The van der Waals surface area contributed by atoms with Gasteiger partial charge >= 0.3 is 0 Å². The summed E-state index contributed by atoms with van der Waals surface area (Å²) in [6.45, 7) is 0.197. The summed E-state index contributed by atoms with van der Waals surface area (Å²) in [4.78, 5) is 19.8. The molecule has 7 nitrogen and oxygen atoms in total. The summed E-state index contributed by atoms with van der Waals surface area (Å²) < 4.78 is 33.8. The molecule has 9 heteroatoms. The van der Waals surface area contributed by atoms with E-state index in [1.807, 2.05) is 30.3 Å². The number of sulfonamides is 1. The number of carbonyl (C=O) groups is 1. The molecule has 0 saturated heterocycles. The third kappa shape index (κ3) is 4.55. The lowest BCUT2D eigenvalue weighted by molar-refractivity contribution is 0.0983. The number of nitrogens with zero attached hydrogens (tertiary/aromatic N) is 3. The molecule has 5 aromatic rings. The normalized spacial score (nSPS) is 11.5. The Morgan fingerprint density at radius 2 is 1.63 bits per heavy atom. The highest BCUT2D eigenvalue weighted by atomic mass is 32.2. The van der Waals surface area contributed by atoms with E-state index in [0.29, 0.717) is 22.1 Å². The zero-order chi connectivity index (χ0) is 24.4. The highest BCUT2D eigenvalue weighted by molar-refractivity contribution is 7.92. The van der Waals surface area contributed by atoms with E-state index in [9.17, 15) is 13.2 Å². The molecule has 2 heterocycles. The van der Waals surface area contributed by atoms with Gasteiger partial charge in [-0.1, -0.05) is 41.7 Å². The number of benzene rings is 3. The minimum Gasteiger partial charge on any atom is -0.467 e. The monoisotopic (exact) mass is 503 g/mol. The Bertz CT molecular complexity index is 1530. The molecular weight excluding hydrogens is 482 g/mol. The first-order chi connectivity index (χ1) is 16.9. The van der Waals surface area contributed by atoms with Crippen molar-refractivity contribution in [2.45, 2.75) is 11.4 Å². The predicted molar refractivity (Wildman–Crippen MR) is 137 cm³/mol. The van der Waals surface area contributed by atoms with Crippen LogP contribution >= 0.6 is 11.3 Å². The fourth-order valence-corrected chi connectivity index (χ4v) is 5.78. The Hall–Kier alpha value is -3.95. The first-order valence-corrected chi connectivity index (χ1v) is 13.0. The van der Waals surface area contributed by atoms with Gasteiger partial charge in [0.1, 0.15) is 5.76 Å². The van der Waals surface area contributed by atoms with Crippen LogP contribution < -0.4 is 9.21 Å². The van der Waals surface area contributed by atoms with Crippen molar-refractivity contribution in [2.24, 2.45) is 0 Å². The molecule has 35 heavy (non-hydrogen) atoms. The van der Waals surface area contributed by atoms with Crippen molar-refractivity contribution in [1.82, 2.24) is 4.98 Å². The number of amides is 1. The van der Waals surface area contributed by atoms with Crippen LogP contribution in [0.15, 0.2) is 107 Å². The zero-order valence-corrected chi connectivity index (χ0v) is 20.4. The second kappa shape index (κ2) is 9.36. The van der Waals surface area contributed by atoms with Crippen LogP contribution in [0.2, 0.25) is 0 Å². The van der Waals surface area contributed by atoms with E-state index < -0.39 is 10.0 Å². The van der Waals surface area contributed by atoms with Crippen LogP contribution in [0, 0.1) is 0 Å². The molecule has 5 rings (SSSR count). The number of para-hydroxylation sites is 2. The van der Waals surface area contributed by atoms with E-state index in [2.05, 4.69) is 4.98 Å². The van der Waals surface area contributed by atoms with Gasteiger partial charge in [0.2, 0.25) is 0 Å². The van der Waals surface area contributed by atoms with Crippen LogP contribution in [0.4, 0.5) is 10.8 Å². The first-order valence-electron chi connectivity index (χ1n) is 10.8. The van der Waals surface area contributed by atoms with Gasteiger partial charge in [0.15, 0.2) is 5.13 Å². The minimum absolute atomic E-state index is 0.0953. The molecule has 0 unspecified atom stereocenters. The van der Waals surface area contributed by atoms with E-state index in [1.165, 1.54) is 47.0 Å². The lowest BCUT2D eigenvalue weighted by atomic mass is 10.2. The van der Waals surface area contributed by atoms with Crippen molar-refractivity contribution in [1.29, 1.82) is 0 Å². The summed E-state index contributed by atoms with van der Waals surface area (Å²) in [7, 11) is -2.28. The van der Waals surface area contributed by atoms with Crippen molar-refractivity contribution in [3.05, 3.63) is 109 Å². The zero-order valence-electron chi connectivity index (χ0n) is 18.7. The largest absolute Gasteiger partial charge is 0.467 e. The van der Waals surface area contributed by atoms with Crippen LogP contribution in [-0.2, 0) is 16.6 Å². The molecule has 0 bridgehead atoms. The Labute approximate surface area is 206 Å². The van der Waals surface area contributed by atoms with Gasteiger partial charge < -0.3 is 4.42 Å². The van der Waals surface area contributed by atoms with Crippen molar-refractivity contribution >= 4 is 48.3 Å². The maximum absolute atomic E-state index is 13.6. The molecule has 0 N–H and O–H groups in total. The number of anilines is 2. The van der Waals surface area contributed by atoms with Crippen molar-refractivity contribution < 1.29 is 17.6 Å². The van der Waals surface area contributed by atoms with E-state index in [4.69, 9.17) is 4.42 Å². The molecule has 0 aliphatic carbocycles. The Balaban J connectivity index is 1.46. The van der Waals surface area contributed by atoms with Crippen molar-refractivity contribution in [3.63, 3.8) is 0 Å². The van der Waals surface area contributed by atoms with Crippen molar-refractivity contribution in [3.8, 4) is 0 Å². The topological polar surface area (TPSA) is 83.7 Å². The van der Waals surface area contributed by atoms with Gasteiger partial charge in [-0.2, -0.15) is 0 Å². The lowest BCUT2D eigenvalue weighted by Crippen LogP contribution is -2.30. The summed E-state index contributed by atoms with van der Waals surface area (Å²) >= 11 is 1.41. The number of fused-ring (bicyclic) bond motifs is 1. The van der Waals surface area contributed by atoms with E-state index in [0.717, 1.165) is 10.2 Å². The average molecular weight is 504 g/mol. The molecule has 0 spiro atoms.